The molecule has 2 heterocycles. The van der Waals surface area contributed by atoms with Crippen molar-refractivity contribution in [3.8, 4) is 0 Å². The third-order valence-electron chi connectivity index (χ3n) is 4.77. The number of nitrogens with two attached hydrogens (primary N) is 1. The van der Waals surface area contributed by atoms with E-state index >= 15 is 0 Å². The molecule has 0 bridgehead atoms. The zero-order valence-electron chi connectivity index (χ0n) is 13.0. The van der Waals surface area contributed by atoms with Crippen molar-refractivity contribution in [1.29, 1.82) is 0 Å². The highest BCUT2D eigenvalue weighted by atomic mass is 16.5. The largest absolute Gasteiger partial charge is 0.379 e. The fourth-order valence-corrected chi connectivity index (χ4v) is 3.42. The first-order valence-electron chi connectivity index (χ1n) is 8.08. The lowest BCUT2D eigenvalue weighted by Crippen LogP contribution is -2.45. The topological polar surface area (TPSA) is 41.7 Å². The van der Waals surface area contributed by atoms with Gasteiger partial charge >= 0.3 is 0 Å². The smallest absolute Gasteiger partial charge is 0.0594 e. The van der Waals surface area contributed by atoms with Gasteiger partial charge in [0.2, 0.25) is 0 Å². The predicted molar refractivity (Wildman–Crippen MR) is 85.3 cm³/mol. The molecule has 21 heavy (non-hydrogen) atoms. The van der Waals surface area contributed by atoms with Crippen molar-refractivity contribution in [1.82, 2.24) is 9.80 Å². The van der Waals surface area contributed by atoms with Crippen molar-refractivity contribution in [2.24, 2.45) is 5.73 Å². The minimum atomic E-state index is 0.119. The molecule has 2 N–H and O–H groups in total. The second-order valence-electron chi connectivity index (χ2n) is 6.37. The number of ether oxygens (including phenoxy) is 1. The highest BCUT2D eigenvalue weighted by Crippen LogP contribution is 2.20. The van der Waals surface area contributed by atoms with Gasteiger partial charge in [0, 0.05) is 38.3 Å². The van der Waals surface area contributed by atoms with E-state index in [9.17, 15) is 0 Å². The molecule has 0 aromatic heterocycles. The highest BCUT2D eigenvalue weighted by Gasteiger charge is 2.29. The Morgan fingerprint density at radius 3 is 2.62 bits per heavy atom. The molecule has 1 aromatic carbocycles. The number of nitrogens with zero attached hydrogens (tertiary/aromatic N) is 2. The summed E-state index contributed by atoms with van der Waals surface area (Å²) in [6.45, 7) is 9.34. The summed E-state index contributed by atoms with van der Waals surface area (Å²) in [6.07, 6.45) is 1.26. The number of benzene rings is 1. The molecule has 4 heteroatoms. The molecule has 2 fully saturated rings. The number of rotatable bonds is 4. The molecule has 116 valence electrons. The van der Waals surface area contributed by atoms with Gasteiger partial charge in [-0.15, -0.1) is 0 Å². The van der Waals surface area contributed by atoms with Crippen LogP contribution in [0.1, 0.15) is 23.6 Å². The van der Waals surface area contributed by atoms with Gasteiger partial charge in [-0.1, -0.05) is 29.8 Å². The molecule has 0 aliphatic carbocycles. The molecule has 4 nitrogen and oxygen atoms in total. The first kappa shape index (κ1) is 15.0. The summed E-state index contributed by atoms with van der Waals surface area (Å²) in [5.74, 6) is 0. The van der Waals surface area contributed by atoms with E-state index in [1.54, 1.807) is 0 Å². The number of aryl methyl sites for hydroxylation is 1. The van der Waals surface area contributed by atoms with Crippen LogP contribution in [0.3, 0.4) is 0 Å². The van der Waals surface area contributed by atoms with Gasteiger partial charge in [0.15, 0.2) is 0 Å². The molecular formula is C17H27N3O. The van der Waals surface area contributed by atoms with E-state index in [-0.39, 0.29) is 6.04 Å². The fraction of sp³-hybridized carbons (Fsp3) is 0.647. The van der Waals surface area contributed by atoms with Gasteiger partial charge in [0.1, 0.15) is 0 Å². The third-order valence-corrected chi connectivity index (χ3v) is 4.77. The third kappa shape index (κ3) is 3.83. The maximum atomic E-state index is 6.37. The molecule has 0 amide bonds. The van der Waals surface area contributed by atoms with E-state index in [0.717, 1.165) is 39.4 Å². The normalized spacial score (nSPS) is 26.1. The molecule has 2 aliphatic heterocycles. The SMILES string of the molecule is Cc1ccc(C(N)CN2CCC(N3CCOCC3)C2)cc1. The highest BCUT2D eigenvalue weighted by molar-refractivity contribution is 5.24. The average molecular weight is 289 g/mol. The Kier molecular flexibility index (Phi) is 4.91. The van der Waals surface area contributed by atoms with Crippen LogP contribution in [-0.4, -0.2) is 61.8 Å². The molecule has 2 saturated heterocycles. The van der Waals surface area contributed by atoms with Crippen LogP contribution >= 0.6 is 0 Å². The first-order chi connectivity index (χ1) is 10.2. The van der Waals surface area contributed by atoms with Crippen LogP contribution in [0.2, 0.25) is 0 Å². The van der Waals surface area contributed by atoms with Crippen LogP contribution in [0.5, 0.6) is 0 Å². The average Bonchev–Trinajstić information content (AvgIpc) is 2.97. The summed E-state index contributed by atoms with van der Waals surface area (Å²) in [4.78, 5) is 5.10. The van der Waals surface area contributed by atoms with Gasteiger partial charge in [0.25, 0.3) is 0 Å². The standard InChI is InChI=1S/C17H27N3O/c1-14-2-4-15(5-3-14)17(18)13-19-7-6-16(12-19)20-8-10-21-11-9-20/h2-5,16-17H,6-13,18H2,1H3. The Labute approximate surface area is 127 Å². The van der Waals surface area contributed by atoms with Crippen LogP contribution in [0, 0.1) is 6.92 Å². The predicted octanol–water partition coefficient (Wildman–Crippen LogP) is 1.40. The van der Waals surface area contributed by atoms with Gasteiger partial charge in [-0.05, 0) is 25.5 Å². The fourth-order valence-electron chi connectivity index (χ4n) is 3.42. The lowest BCUT2D eigenvalue weighted by Gasteiger charge is -2.32. The number of hydrogen-bond acceptors (Lipinski definition) is 4. The molecule has 2 aliphatic rings. The van der Waals surface area contributed by atoms with Gasteiger partial charge in [-0.25, -0.2) is 0 Å². The minimum absolute atomic E-state index is 0.119. The lowest BCUT2D eigenvalue weighted by atomic mass is 10.1. The van der Waals surface area contributed by atoms with E-state index in [1.807, 2.05) is 0 Å². The second-order valence-corrected chi connectivity index (χ2v) is 6.37. The molecule has 2 unspecified atom stereocenters. The summed E-state index contributed by atoms with van der Waals surface area (Å²) >= 11 is 0. The Morgan fingerprint density at radius 1 is 1.19 bits per heavy atom. The van der Waals surface area contributed by atoms with Crippen molar-refractivity contribution in [2.75, 3.05) is 45.9 Å². The van der Waals surface area contributed by atoms with Crippen LogP contribution < -0.4 is 5.73 Å². The molecule has 1 aromatic rings. The maximum absolute atomic E-state index is 6.37. The molecule has 0 saturated carbocycles. The van der Waals surface area contributed by atoms with E-state index in [2.05, 4.69) is 41.0 Å². The maximum Gasteiger partial charge on any atom is 0.0594 e. The van der Waals surface area contributed by atoms with Crippen molar-refractivity contribution in [3.05, 3.63) is 35.4 Å². The molecule has 3 rings (SSSR count). The van der Waals surface area contributed by atoms with Gasteiger partial charge in [-0.2, -0.15) is 0 Å². The summed E-state index contributed by atoms with van der Waals surface area (Å²) in [7, 11) is 0. The first-order valence-corrected chi connectivity index (χ1v) is 8.08. The lowest BCUT2D eigenvalue weighted by molar-refractivity contribution is 0.0184. The Hall–Kier alpha value is -0.940. The van der Waals surface area contributed by atoms with E-state index in [4.69, 9.17) is 10.5 Å². The summed E-state index contributed by atoms with van der Waals surface area (Å²) in [6, 6.07) is 9.43. The zero-order chi connectivity index (χ0) is 14.7. The minimum Gasteiger partial charge on any atom is -0.379 e. The van der Waals surface area contributed by atoms with Crippen molar-refractivity contribution >= 4 is 0 Å². The van der Waals surface area contributed by atoms with Crippen molar-refractivity contribution in [3.63, 3.8) is 0 Å². The van der Waals surface area contributed by atoms with Crippen molar-refractivity contribution in [2.45, 2.75) is 25.4 Å². The van der Waals surface area contributed by atoms with E-state index in [1.165, 1.54) is 24.1 Å². The molecule has 2 atom stereocenters. The number of morpholine rings is 1. The van der Waals surface area contributed by atoms with Gasteiger partial charge in [0.05, 0.1) is 13.2 Å². The quantitative estimate of drug-likeness (QED) is 0.910. The van der Waals surface area contributed by atoms with E-state index < -0.39 is 0 Å². The van der Waals surface area contributed by atoms with Crippen molar-refractivity contribution < 1.29 is 4.74 Å². The number of likely N-dealkylation sites (tertiary alicyclic amines) is 1. The Morgan fingerprint density at radius 2 is 1.90 bits per heavy atom. The molecule has 0 spiro atoms. The van der Waals surface area contributed by atoms with Gasteiger partial charge in [-0.3, -0.25) is 9.80 Å². The number of hydrogen-bond donors (Lipinski definition) is 1. The van der Waals surface area contributed by atoms with E-state index in [0.29, 0.717) is 6.04 Å². The summed E-state index contributed by atoms with van der Waals surface area (Å²) in [5, 5.41) is 0. The summed E-state index contributed by atoms with van der Waals surface area (Å²) < 4.78 is 5.44. The van der Waals surface area contributed by atoms with Crippen LogP contribution in [0.4, 0.5) is 0 Å². The molecule has 0 radical (unpaired) electrons. The summed E-state index contributed by atoms with van der Waals surface area (Å²) in [5.41, 5.74) is 8.91. The second kappa shape index (κ2) is 6.88. The Balaban J connectivity index is 1.50. The monoisotopic (exact) mass is 289 g/mol. The van der Waals surface area contributed by atoms with Crippen LogP contribution in [0.15, 0.2) is 24.3 Å². The van der Waals surface area contributed by atoms with Crippen LogP contribution in [-0.2, 0) is 4.74 Å². The van der Waals surface area contributed by atoms with Crippen LogP contribution in [0.25, 0.3) is 0 Å². The zero-order valence-corrected chi connectivity index (χ0v) is 13.0. The molecular weight excluding hydrogens is 262 g/mol. The van der Waals surface area contributed by atoms with Gasteiger partial charge < -0.3 is 10.5 Å². The Bertz CT molecular complexity index is 442.